The molecule has 0 heterocycles. The quantitative estimate of drug-likeness (QED) is 0.130. The van der Waals surface area contributed by atoms with Crippen molar-refractivity contribution in [2.45, 2.75) is 142 Å². The van der Waals surface area contributed by atoms with Crippen molar-refractivity contribution in [3.8, 4) is 22.3 Å². The lowest BCUT2D eigenvalue weighted by molar-refractivity contribution is -0.0934. The Kier molecular flexibility index (Phi) is 14.0. The molecule has 4 aliphatic rings. The molecule has 4 fully saturated rings. The van der Waals surface area contributed by atoms with Crippen LogP contribution in [0.2, 0.25) is 0 Å². The van der Waals surface area contributed by atoms with Gasteiger partial charge >= 0.3 is 0 Å². The Bertz CT molecular complexity index is 1780. The Labute approximate surface area is 351 Å². The molecule has 0 N–H and O–H groups in total. The number of benzene rings is 4. The SMILES string of the molecule is CCC1CCC(C2CCC(C(OC(c3ccc(-c4ccc(F)c(F)c4)cc3)C3CCC(C4CCC(CC)CC4)CC3)c3ccc(-c4ccc(F)c(F)c4)cc3)CC2)CC1. The Hall–Kier alpha value is -3.44. The summed E-state index contributed by atoms with van der Waals surface area (Å²) in [5, 5.41) is 0. The van der Waals surface area contributed by atoms with E-state index in [0.717, 1.165) is 83.4 Å². The third kappa shape index (κ3) is 10.0. The van der Waals surface area contributed by atoms with Crippen molar-refractivity contribution < 1.29 is 22.3 Å². The number of halogens is 4. The highest BCUT2D eigenvalue weighted by Crippen LogP contribution is 2.50. The van der Waals surface area contributed by atoms with E-state index >= 15 is 0 Å². The molecular formula is C54H66F4O. The summed E-state index contributed by atoms with van der Waals surface area (Å²) in [7, 11) is 0. The van der Waals surface area contributed by atoms with Gasteiger partial charge in [0.2, 0.25) is 0 Å². The molecule has 0 radical (unpaired) electrons. The first-order valence-electron chi connectivity index (χ1n) is 23.5. The maximum Gasteiger partial charge on any atom is 0.159 e. The predicted octanol–water partition coefficient (Wildman–Crippen LogP) is 16.4. The third-order valence-corrected chi connectivity index (χ3v) is 16.0. The first-order chi connectivity index (χ1) is 28.8. The molecule has 2 atom stereocenters. The zero-order valence-electron chi connectivity index (χ0n) is 35.5. The minimum Gasteiger partial charge on any atom is -0.365 e. The Morgan fingerprint density at radius 3 is 1.00 bits per heavy atom. The second-order valence-corrected chi connectivity index (χ2v) is 19.2. The monoisotopic (exact) mass is 807 g/mol. The molecule has 4 aliphatic carbocycles. The largest absolute Gasteiger partial charge is 0.365 e. The highest BCUT2D eigenvalue weighted by atomic mass is 19.2. The normalized spacial score (nSPS) is 28.8. The number of hydrogen-bond donors (Lipinski definition) is 0. The maximum absolute atomic E-state index is 14.3. The Morgan fingerprint density at radius 1 is 0.390 bits per heavy atom. The van der Waals surface area contributed by atoms with Crippen LogP contribution in [-0.2, 0) is 4.74 Å². The van der Waals surface area contributed by atoms with Gasteiger partial charge in [-0.2, -0.15) is 0 Å². The van der Waals surface area contributed by atoms with Crippen molar-refractivity contribution in [3.05, 3.63) is 119 Å². The lowest BCUT2D eigenvalue weighted by atomic mass is 9.67. The molecule has 59 heavy (non-hydrogen) atoms. The maximum atomic E-state index is 14.3. The van der Waals surface area contributed by atoms with Crippen molar-refractivity contribution in [3.63, 3.8) is 0 Å². The van der Waals surface area contributed by atoms with Gasteiger partial charge in [-0.15, -0.1) is 0 Å². The van der Waals surface area contributed by atoms with Crippen molar-refractivity contribution in [2.75, 3.05) is 0 Å². The minimum absolute atomic E-state index is 0.108. The number of ether oxygens (including phenoxy) is 1. The van der Waals surface area contributed by atoms with Crippen molar-refractivity contribution in [1.82, 2.24) is 0 Å². The molecule has 0 spiro atoms. The summed E-state index contributed by atoms with van der Waals surface area (Å²) < 4.78 is 63.9. The molecule has 0 aliphatic heterocycles. The summed E-state index contributed by atoms with van der Waals surface area (Å²) >= 11 is 0. The third-order valence-electron chi connectivity index (χ3n) is 16.0. The van der Waals surface area contributed by atoms with Gasteiger partial charge < -0.3 is 4.74 Å². The van der Waals surface area contributed by atoms with E-state index < -0.39 is 23.3 Å². The predicted molar refractivity (Wildman–Crippen MR) is 233 cm³/mol. The van der Waals surface area contributed by atoms with Gasteiger partial charge in [0, 0.05) is 0 Å². The average Bonchev–Trinajstić information content (AvgIpc) is 3.29. The molecule has 8 rings (SSSR count). The van der Waals surface area contributed by atoms with Crippen LogP contribution in [0.3, 0.4) is 0 Å². The van der Waals surface area contributed by atoms with E-state index in [4.69, 9.17) is 4.74 Å². The van der Waals surface area contributed by atoms with E-state index in [1.54, 1.807) is 12.1 Å². The van der Waals surface area contributed by atoms with Crippen LogP contribution in [0.25, 0.3) is 22.3 Å². The van der Waals surface area contributed by atoms with Gasteiger partial charge in [0.05, 0.1) is 12.2 Å². The van der Waals surface area contributed by atoms with E-state index in [2.05, 4.69) is 38.1 Å². The van der Waals surface area contributed by atoms with Gasteiger partial charge in [-0.1, -0.05) is 113 Å². The second kappa shape index (κ2) is 19.5. The molecule has 4 aromatic carbocycles. The van der Waals surface area contributed by atoms with E-state index in [1.165, 1.54) is 114 Å². The minimum atomic E-state index is -0.838. The molecule has 0 amide bonds. The molecule has 316 valence electrons. The summed E-state index contributed by atoms with van der Waals surface area (Å²) in [5.41, 5.74) is 5.32. The molecule has 4 aromatic rings. The molecule has 0 aromatic heterocycles. The standard InChI is InChI=1S/C54H66F4O/c1-3-35-5-9-37(10-6-35)39-13-21-43(22-14-39)53(45-25-17-41(18-26-45)47-29-31-49(55)51(57)33-47)59-54(44-23-15-40(16-24-44)38-11-7-36(4-2)8-12-38)46-27-19-42(20-28-46)48-30-32-50(56)52(58)34-48/h17-20,25-40,43-44,53-54H,3-16,21-24H2,1-2H3. The van der Waals surface area contributed by atoms with E-state index in [-0.39, 0.29) is 12.2 Å². The van der Waals surface area contributed by atoms with Crippen LogP contribution >= 0.6 is 0 Å². The van der Waals surface area contributed by atoms with Gasteiger partial charge in [-0.05, 0) is 182 Å². The van der Waals surface area contributed by atoms with Gasteiger partial charge in [0.25, 0.3) is 0 Å². The summed E-state index contributed by atoms with van der Waals surface area (Å²) in [5.74, 6) is 2.50. The molecular weight excluding hydrogens is 741 g/mol. The average molecular weight is 807 g/mol. The van der Waals surface area contributed by atoms with E-state index in [9.17, 15) is 17.6 Å². The van der Waals surface area contributed by atoms with Crippen LogP contribution < -0.4 is 0 Å². The van der Waals surface area contributed by atoms with Crippen LogP contribution in [0.15, 0.2) is 84.9 Å². The lowest BCUT2D eigenvalue weighted by Crippen LogP contribution is -2.31. The Balaban J connectivity index is 1.07. The zero-order chi connectivity index (χ0) is 40.9. The summed E-state index contributed by atoms with van der Waals surface area (Å²) in [4.78, 5) is 0. The van der Waals surface area contributed by atoms with Crippen LogP contribution in [0.4, 0.5) is 17.6 Å². The summed E-state index contributed by atoms with van der Waals surface area (Å²) in [6.45, 7) is 4.69. The zero-order valence-corrected chi connectivity index (χ0v) is 35.5. The van der Waals surface area contributed by atoms with Crippen LogP contribution in [0.5, 0.6) is 0 Å². The van der Waals surface area contributed by atoms with Crippen molar-refractivity contribution >= 4 is 0 Å². The van der Waals surface area contributed by atoms with Crippen LogP contribution in [0.1, 0.15) is 153 Å². The second-order valence-electron chi connectivity index (χ2n) is 19.2. The first-order valence-corrected chi connectivity index (χ1v) is 23.5. The van der Waals surface area contributed by atoms with Gasteiger partial charge in [-0.3, -0.25) is 0 Å². The van der Waals surface area contributed by atoms with Gasteiger partial charge in [0.1, 0.15) is 0 Å². The summed E-state index contributed by atoms with van der Waals surface area (Å²) in [6.07, 6.45) is 23.0. The van der Waals surface area contributed by atoms with Crippen molar-refractivity contribution in [1.29, 1.82) is 0 Å². The molecule has 4 saturated carbocycles. The molecule has 0 saturated heterocycles. The van der Waals surface area contributed by atoms with Crippen LogP contribution in [-0.4, -0.2) is 0 Å². The molecule has 5 heteroatoms. The fraction of sp³-hybridized carbons (Fsp3) is 0.556. The topological polar surface area (TPSA) is 9.23 Å². The van der Waals surface area contributed by atoms with E-state index in [1.807, 2.05) is 24.3 Å². The molecule has 2 unspecified atom stereocenters. The summed E-state index contributed by atoms with van der Waals surface area (Å²) in [6, 6.07) is 25.0. The van der Waals surface area contributed by atoms with Gasteiger partial charge in [0.15, 0.2) is 23.3 Å². The highest BCUT2D eigenvalue weighted by molar-refractivity contribution is 5.64. The molecule has 0 bridgehead atoms. The Morgan fingerprint density at radius 2 is 0.695 bits per heavy atom. The first kappa shape index (κ1) is 42.3. The highest BCUT2D eigenvalue weighted by Gasteiger charge is 2.39. The number of hydrogen-bond acceptors (Lipinski definition) is 1. The lowest BCUT2D eigenvalue weighted by Gasteiger charge is -2.43. The van der Waals surface area contributed by atoms with Crippen molar-refractivity contribution in [2.24, 2.45) is 47.3 Å². The van der Waals surface area contributed by atoms with E-state index in [0.29, 0.717) is 23.0 Å². The van der Waals surface area contributed by atoms with Gasteiger partial charge in [-0.25, -0.2) is 17.6 Å². The smallest absolute Gasteiger partial charge is 0.159 e. The molecule has 1 nitrogen and oxygen atoms in total. The fourth-order valence-corrected chi connectivity index (χ4v) is 12.1. The van der Waals surface area contributed by atoms with Crippen LogP contribution in [0, 0.1) is 70.6 Å². The number of rotatable bonds is 12. The fourth-order valence-electron chi connectivity index (χ4n) is 12.1.